The number of carbonyl (C=O) groups excluding carboxylic acids is 1. The largest absolute Gasteiger partial charge is 0.365 e. The number of carbonyl (C=O) groups is 1. The fraction of sp³-hybridized carbons (Fsp3) is 0.500. The van der Waals surface area contributed by atoms with Crippen molar-refractivity contribution in [3.8, 4) is 0 Å². The molecule has 86 valence electrons. The summed E-state index contributed by atoms with van der Waals surface area (Å²) < 4.78 is 0. The molecule has 4 heteroatoms. The summed E-state index contributed by atoms with van der Waals surface area (Å²) in [5, 5.41) is 0. The second-order valence-electron chi connectivity index (χ2n) is 4.41. The highest BCUT2D eigenvalue weighted by molar-refractivity contribution is 5.97. The quantitative estimate of drug-likeness (QED) is 0.818. The van der Waals surface area contributed by atoms with E-state index in [4.69, 9.17) is 5.73 Å². The van der Waals surface area contributed by atoms with Gasteiger partial charge in [-0.3, -0.25) is 4.79 Å². The Labute approximate surface area is 95.5 Å². The smallest absolute Gasteiger partial charge is 0.252 e. The SMILES string of the molecule is CC1CCN(c2ncccc2C(N)=O)CC1. The zero-order chi connectivity index (χ0) is 11.5. The Morgan fingerprint density at radius 3 is 2.81 bits per heavy atom. The number of piperidine rings is 1. The molecular weight excluding hydrogens is 202 g/mol. The van der Waals surface area contributed by atoms with Gasteiger partial charge in [-0.25, -0.2) is 4.98 Å². The summed E-state index contributed by atoms with van der Waals surface area (Å²) in [6, 6.07) is 3.48. The fourth-order valence-corrected chi connectivity index (χ4v) is 2.06. The van der Waals surface area contributed by atoms with E-state index in [-0.39, 0.29) is 0 Å². The van der Waals surface area contributed by atoms with Gasteiger partial charge in [0.15, 0.2) is 0 Å². The summed E-state index contributed by atoms with van der Waals surface area (Å²) in [6.07, 6.45) is 4.00. The van der Waals surface area contributed by atoms with Crippen molar-refractivity contribution in [3.05, 3.63) is 23.9 Å². The van der Waals surface area contributed by atoms with E-state index in [9.17, 15) is 4.79 Å². The van der Waals surface area contributed by atoms with Gasteiger partial charge in [-0.05, 0) is 30.9 Å². The summed E-state index contributed by atoms with van der Waals surface area (Å²) in [7, 11) is 0. The van der Waals surface area contributed by atoms with Gasteiger partial charge in [0.05, 0.1) is 5.56 Å². The molecular formula is C12H17N3O. The van der Waals surface area contributed by atoms with Gasteiger partial charge in [-0.1, -0.05) is 6.92 Å². The Balaban J connectivity index is 2.23. The lowest BCUT2D eigenvalue weighted by molar-refractivity contribution is 0.100. The van der Waals surface area contributed by atoms with Crippen LogP contribution in [0.25, 0.3) is 0 Å². The minimum atomic E-state index is -0.401. The molecule has 0 spiro atoms. The molecule has 0 atom stereocenters. The monoisotopic (exact) mass is 219 g/mol. The van der Waals surface area contributed by atoms with Crippen molar-refractivity contribution in [1.29, 1.82) is 0 Å². The van der Waals surface area contributed by atoms with E-state index in [0.29, 0.717) is 5.56 Å². The van der Waals surface area contributed by atoms with E-state index in [1.54, 1.807) is 18.3 Å². The number of rotatable bonds is 2. The molecule has 0 unspecified atom stereocenters. The normalized spacial score (nSPS) is 17.4. The Kier molecular flexibility index (Phi) is 3.08. The van der Waals surface area contributed by atoms with Crippen LogP contribution in [0.3, 0.4) is 0 Å². The Morgan fingerprint density at radius 2 is 2.19 bits per heavy atom. The molecule has 0 aromatic carbocycles. The van der Waals surface area contributed by atoms with Crippen LogP contribution in [0.5, 0.6) is 0 Å². The molecule has 0 saturated carbocycles. The number of aromatic nitrogens is 1. The van der Waals surface area contributed by atoms with Crippen LogP contribution in [-0.2, 0) is 0 Å². The summed E-state index contributed by atoms with van der Waals surface area (Å²) >= 11 is 0. The van der Waals surface area contributed by atoms with E-state index in [0.717, 1.165) is 37.7 Å². The summed E-state index contributed by atoms with van der Waals surface area (Å²) in [6.45, 7) is 4.17. The van der Waals surface area contributed by atoms with Crippen LogP contribution in [-0.4, -0.2) is 24.0 Å². The lowest BCUT2D eigenvalue weighted by Crippen LogP contribution is -2.35. The number of nitrogens with two attached hydrogens (primary N) is 1. The van der Waals surface area contributed by atoms with Crippen LogP contribution in [0.2, 0.25) is 0 Å². The fourth-order valence-electron chi connectivity index (χ4n) is 2.06. The third-order valence-corrected chi connectivity index (χ3v) is 3.14. The van der Waals surface area contributed by atoms with E-state index in [1.807, 2.05) is 0 Å². The van der Waals surface area contributed by atoms with Gasteiger partial charge >= 0.3 is 0 Å². The first-order valence-electron chi connectivity index (χ1n) is 5.68. The molecule has 4 nitrogen and oxygen atoms in total. The van der Waals surface area contributed by atoms with Gasteiger partial charge < -0.3 is 10.6 Å². The van der Waals surface area contributed by atoms with E-state index in [1.165, 1.54) is 0 Å². The maximum Gasteiger partial charge on any atom is 0.252 e. The van der Waals surface area contributed by atoms with Crippen LogP contribution in [0.15, 0.2) is 18.3 Å². The molecule has 2 N–H and O–H groups in total. The van der Waals surface area contributed by atoms with Crippen molar-refractivity contribution in [1.82, 2.24) is 4.98 Å². The van der Waals surface area contributed by atoms with Gasteiger partial charge in [0.25, 0.3) is 5.91 Å². The van der Waals surface area contributed by atoms with Crippen LogP contribution >= 0.6 is 0 Å². The second kappa shape index (κ2) is 4.51. The third kappa shape index (κ3) is 2.15. The van der Waals surface area contributed by atoms with Crippen molar-refractivity contribution in [2.24, 2.45) is 11.7 Å². The van der Waals surface area contributed by atoms with Crippen LogP contribution in [0.1, 0.15) is 30.1 Å². The highest BCUT2D eigenvalue weighted by Crippen LogP contribution is 2.23. The number of amides is 1. The van der Waals surface area contributed by atoms with Gasteiger partial charge in [-0.2, -0.15) is 0 Å². The standard InChI is InChI=1S/C12H17N3O/c1-9-4-7-15(8-5-9)12-10(11(13)16)3-2-6-14-12/h2-3,6,9H,4-5,7-8H2,1H3,(H2,13,16). The molecule has 0 aliphatic carbocycles. The molecule has 1 aliphatic rings. The number of hydrogen-bond donors (Lipinski definition) is 1. The first kappa shape index (κ1) is 10.9. The van der Waals surface area contributed by atoms with E-state index in [2.05, 4.69) is 16.8 Å². The molecule has 0 radical (unpaired) electrons. The van der Waals surface area contributed by atoms with Gasteiger partial charge in [0, 0.05) is 19.3 Å². The zero-order valence-electron chi connectivity index (χ0n) is 9.52. The van der Waals surface area contributed by atoms with Crippen molar-refractivity contribution in [2.75, 3.05) is 18.0 Å². The number of primary amides is 1. The lowest BCUT2D eigenvalue weighted by Gasteiger charge is -2.31. The average molecular weight is 219 g/mol. The maximum atomic E-state index is 11.3. The minimum absolute atomic E-state index is 0.401. The lowest BCUT2D eigenvalue weighted by atomic mass is 9.99. The molecule has 1 aromatic heterocycles. The Hall–Kier alpha value is -1.58. The molecule has 2 rings (SSSR count). The zero-order valence-corrected chi connectivity index (χ0v) is 9.52. The van der Waals surface area contributed by atoms with Crippen LogP contribution < -0.4 is 10.6 Å². The second-order valence-corrected chi connectivity index (χ2v) is 4.41. The molecule has 0 bridgehead atoms. The summed E-state index contributed by atoms with van der Waals surface area (Å²) in [5.74, 6) is 1.10. The predicted molar refractivity (Wildman–Crippen MR) is 63.4 cm³/mol. The summed E-state index contributed by atoms with van der Waals surface area (Å²) in [4.78, 5) is 17.7. The topological polar surface area (TPSA) is 59.2 Å². The molecule has 16 heavy (non-hydrogen) atoms. The van der Waals surface area contributed by atoms with E-state index < -0.39 is 5.91 Å². The average Bonchev–Trinajstić information content (AvgIpc) is 2.30. The maximum absolute atomic E-state index is 11.3. The van der Waals surface area contributed by atoms with Gasteiger partial charge in [-0.15, -0.1) is 0 Å². The molecule has 1 fully saturated rings. The molecule has 1 amide bonds. The molecule has 1 aromatic rings. The van der Waals surface area contributed by atoms with Gasteiger partial charge in [0.1, 0.15) is 5.82 Å². The number of hydrogen-bond acceptors (Lipinski definition) is 3. The number of pyridine rings is 1. The van der Waals surface area contributed by atoms with Crippen LogP contribution in [0.4, 0.5) is 5.82 Å². The third-order valence-electron chi connectivity index (χ3n) is 3.14. The van der Waals surface area contributed by atoms with Crippen molar-refractivity contribution in [3.63, 3.8) is 0 Å². The molecule has 1 aliphatic heterocycles. The number of anilines is 1. The first-order valence-corrected chi connectivity index (χ1v) is 5.68. The summed E-state index contributed by atoms with van der Waals surface area (Å²) in [5.41, 5.74) is 5.87. The van der Waals surface area contributed by atoms with Crippen molar-refractivity contribution >= 4 is 11.7 Å². The van der Waals surface area contributed by atoms with Crippen LogP contribution in [0, 0.1) is 5.92 Å². The highest BCUT2D eigenvalue weighted by atomic mass is 16.1. The minimum Gasteiger partial charge on any atom is -0.365 e. The predicted octanol–water partition coefficient (Wildman–Crippen LogP) is 1.42. The van der Waals surface area contributed by atoms with Gasteiger partial charge in [0.2, 0.25) is 0 Å². The van der Waals surface area contributed by atoms with E-state index >= 15 is 0 Å². The highest BCUT2D eigenvalue weighted by Gasteiger charge is 2.20. The Morgan fingerprint density at radius 1 is 1.50 bits per heavy atom. The molecule has 2 heterocycles. The first-order chi connectivity index (χ1) is 7.68. The molecule has 1 saturated heterocycles. The number of nitrogens with zero attached hydrogens (tertiary/aromatic N) is 2. The Bertz CT molecular complexity index is 384. The van der Waals surface area contributed by atoms with Crippen molar-refractivity contribution in [2.45, 2.75) is 19.8 Å². The van der Waals surface area contributed by atoms with Crippen molar-refractivity contribution < 1.29 is 4.79 Å².